The zero-order valence-electron chi connectivity index (χ0n) is 8.95. The SMILES string of the molecule is Oc1ccccc1CNc1ccc(Br)c(I)c1. The number of rotatable bonds is 3. The summed E-state index contributed by atoms with van der Waals surface area (Å²) in [6.45, 7) is 0.615. The van der Waals surface area contributed by atoms with Gasteiger partial charge in [-0.3, -0.25) is 0 Å². The number of anilines is 1. The second kappa shape index (κ2) is 5.73. The largest absolute Gasteiger partial charge is 0.508 e. The highest BCUT2D eigenvalue weighted by Gasteiger charge is 2.01. The molecule has 0 aliphatic heterocycles. The molecule has 0 radical (unpaired) electrons. The van der Waals surface area contributed by atoms with Crippen LogP contribution in [0.3, 0.4) is 0 Å². The zero-order valence-corrected chi connectivity index (χ0v) is 12.7. The average Bonchev–Trinajstić information content (AvgIpc) is 2.32. The smallest absolute Gasteiger partial charge is 0.120 e. The number of benzene rings is 2. The second-order valence-electron chi connectivity index (χ2n) is 3.61. The number of nitrogens with one attached hydrogen (secondary N) is 1. The van der Waals surface area contributed by atoms with E-state index in [4.69, 9.17) is 0 Å². The van der Waals surface area contributed by atoms with Crippen molar-refractivity contribution in [1.29, 1.82) is 0 Å². The molecule has 0 aliphatic rings. The lowest BCUT2D eigenvalue weighted by molar-refractivity contribution is 0.469. The van der Waals surface area contributed by atoms with Gasteiger partial charge < -0.3 is 10.4 Å². The van der Waals surface area contributed by atoms with Crippen LogP contribution >= 0.6 is 38.5 Å². The third kappa shape index (κ3) is 3.35. The van der Waals surface area contributed by atoms with Gasteiger partial charge in [0.05, 0.1) is 0 Å². The molecule has 0 saturated carbocycles. The topological polar surface area (TPSA) is 32.3 Å². The Labute approximate surface area is 122 Å². The predicted molar refractivity (Wildman–Crippen MR) is 82.3 cm³/mol. The summed E-state index contributed by atoms with van der Waals surface area (Å²) in [5.41, 5.74) is 1.94. The highest BCUT2D eigenvalue weighted by Crippen LogP contribution is 2.23. The van der Waals surface area contributed by atoms with E-state index in [1.807, 2.05) is 30.3 Å². The molecule has 0 atom stereocenters. The van der Waals surface area contributed by atoms with Gasteiger partial charge in [0.25, 0.3) is 0 Å². The highest BCUT2D eigenvalue weighted by atomic mass is 127. The maximum Gasteiger partial charge on any atom is 0.120 e. The first-order valence-corrected chi connectivity index (χ1v) is 7.00. The molecule has 0 aromatic heterocycles. The Morgan fingerprint density at radius 3 is 2.65 bits per heavy atom. The Morgan fingerprint density at radius 2 is 1.94 bits per heavy atom. The van der Waals surface area contributed by atoms with Crippen LogP contribution in [0.25, 0.3) is 0 Å². The van der Waals surface area contributed by atoms with E-state index in [0.29, 0.717) is 12.3 Å². The standard InChI is InChI=1S/C13H11BrINO/c14-11-6-5-10(7-12(11)15)16-8-9-3-1-2-4-13(9)17/h1-7,16-17H,8H2. The van der Waals surface area contributed by atoms with Gasteiger partial charge in [-0.1, -0.05) is 18.2 Å². The number of phenolic OH excluding ortho intramolecular Hbond substituents is 1. The van der Waals surface area contributed by atoms with Crippen molar-refractivity contribution in [1.82, 2.24) is 0 Å². The Hall–Kier alpha value is -0.750. The van der Waals surface area contributed by atoms with E-state index in [1.165, 1.54) is 0 Å². The molecule has 0 saturated heterocycles. The zero-order chi connectivity index (χ0) is 12.3. The van der Waals surface area contributed by atoms with E-state index in [2.05, 4.69) is 49.9 Å². The van der Waals surface area contributed by atoms with Crippen LogP contribution < -0.4 is 5.32 Å². The van der Waals surface area contributed by atoms with Crippen LogP contribution in [-0.4, -0.2) is 5.11 Å². The monoisotopic (exact) mass is 403 g/mol. The van der Waals surface area contributed by atoms with E-state index in [9.17, 15) is 5.11 Å². The van der Waals surface area contributed by atoms with Gasteiger partial charge in [-0.25, -0.2) is 0 Å². The molecule has 0 unspecified atom stereocenters. The third-order valence-electron chi connectivity index (χ3n) is 2.39. The van der Waals surface area contributed by atoms with E-state index in [-0.39, 0.29) is 0 Å². The summed E-state index contributed by atoms with van der Waals surface area (Å²) in [6.07, 6.45) is 0. The molecule has 2 nitrogen and oxygen atoms in total. The molecule has 0 fully saturated rings. The minimum atomic E-state index is 0.326. The molecular formula is C13H11BrINO. The van der Waals surface area contributed by atoms with E-state index >= 15 is 0 Å². The molecule has 0 amide bonds. The summed E-state index contributed by atoms with van der Waals surface area (Å²) in [4.78, 5) is 0. The third-order valence-corrected chi connectivity index (χ3v) is 4.72. The van der Waals surface area contributed by atoms with Gasteiger partial charge in [0.1, 0.15) is 5.75 Å². The number of hydrogen-bond acceptors (Lipinski definition) is 2. The number of halogens is 2. The molecule has 0 heterocycles. The maximum atomic E-state index is 9.64. The predicted octanol–water partition coefficient (Wildman–Crippen LogP) is 4.37. The molecule has 2 aromatic carbocycles. The summed E-state index contributed by atoms with van der Waals surface area (Å²) in [6, 6.07) is 13.4. The first-order chi connectivity index (χ1) is 8.16. The molecule has 0 aliphatic carbocycles. The fourth-order valence-electron chi connectivity index (χ4n) is 1.46. The highest BCUT2D eigenvalue weighted by molar-refractivity contribution is 14.1. The van der Waals surface area contributed by atoms with Gasteiger partial charge in [-0.15, -0.1) is 0 Å². The Morgan fingerprint density at radius 1 is 1.18 bits per heavy atom. The van der Waals surface area contributed by atoms with Gasteiger partial charge in [0.15, 0.2) is 0 Å². The lowest BCUT2D eigenvalue weighted by Gasteiger charge is -2.09. The second-order valence-corrected chi connectivity index (χ2v) is 5.63. The Kier molecular flexibility index (Phi) is 4.28. The molecule has 2 N–H and O–H groups in total. The maximum absolute atomic E-state index is 9.64. The number of hydrogen-bond donors (Lipinski definition) is 2. The van der Waals surface area contributed by atoms with Crippen molar-refractivity contribution in [2.24, 2.45) is 0 Å². The molecule has 4 heteroatoms. The van der Waals surface area contributed by atoms with Gasteiger partial charge in [0.2, 0.25) is 0 Å². The lowest BCUT2D eigenvalue weighted by Crippen LogP contribution is -1.99. The van der Waals surface area contributed by atoms with E-state index in [0.717, 1.165) is 19.3 Å². The van der Waals surface area contributed by atoms with Gasteiger partial charge in [0, 0.05) is 25.8 Å². The fraction of sp³-hybridized carbons (Fsp3) is 0.0769. The van der Waals surface area contributed by atoms with Crippen LogP contribution in [0.5, 0.6) is 5.75 Å². The van der Waals surface area contributed by atoms with Crippen molar-refractivity contribution in [2.75, 3.05) is 5.32 Å². The lowest BCUT2D eigenvalue weighted by atomic mass is 10.2. The van der Waals surface area contributed by atoms with Crippen LogP contribution in [0.15, 0.2) is 46.9 Å². The molecule has 0 spiro atoms. The van der Waals surface area contributed by atoms with Crippen LogP contribution in [0.2, 0.25) is 0 Å². The van der Waals surface area contributed by atoms with Crippen molar-refractivity contribution in [3.05, 3.63) is 56.1 Å². The van der Waals surface area contributed by atoms with Gasteiger partial charge in [-0.05, 0) is 62.8 Å². The molecule has 0 bridgehead atoms. The average molecular weight is 404 g/mol. The van der Waals surface area contributed by atoms with E-state index < -0.39 is 0 Å². The molecule has 17 heavy (non-hydrogen) atoms. The number of para-hydroxylation sites is 1. The summed E-state index contributed by atoms with van der Waals surface area (Å²) in [5, 5.41) is 12.9. The van der Waals surface area contributed by atoms with Crippen molar-refractivity contribution in [3.63, 3.8) is 0 Å². The summed E-state index contributed by atoms with van der Waals surface area (Å²) in [5.74, 6) is 0.326. The number of phenols is 1. The Bertz CT molecular complexity index is 531. The summed E-state index contributed by atoms with van der Waals surface area (Å²) < 4.78 is 2.25. The molecular weight excluding hydrogens is 393 g/mol. The van der Waals surface area contributed by atoms with Crippen LogP contribution in [0, 0.1) is 3.57 Å². The summed E-state index contributed by atoms with van der Waals surface area (Å²) >= 11 is 5.74. The van der Waals surface area contributed by atoms with Crippen LogP contribution in [0.4, 0.5) is 5.69 Å². The number of aromatic hydroxyl groups is 1. The van der Waals surface area contributed by atoms with Crippen molar-refractivity contribution >= 4 is 44.2 Å². The fourth-order valence-corrected chi connectivity index (χ4v) is 2.23. The van der Waals surface area contributed by atoms with Gasteiger partial charge in [-0.2, -0.15) is 0 Å². The van der Waals surface area contributed by atoms with E-state index in [1.54, 1.807) is 6.07 Å². The molecule has 2 aromatic rings. The molecule has 2 rings (SSSR count). The minimum Gasteiger partial charge on any atom is -0.508 e. The van der Waals surface area contributed by atoms with Crippen molar-refractivity contribution in [3.8, 4) is 5.75 Å². The Balaban J connectivity index is 2.08. The first kappa shape index (κ1) is 12.7. The molecule has 88 valence electrons. The minimum absolute atomic E-state index is 0.326. The first-order valence-electron chi connectivity index (χ1n) is 5.12. The summed E-state index contributed by atoms with van der Waals surface area (Å²) in [7, 11) is 0. The van der Waals surface area contributed by atoms with Crippen LogP contribution in [0.1, 0.15) is 5.56 Å². The van der Waals surface area contributed by atoms with Gasteiger partial charge >= 0.3 is 0 Å². The van der Waals surface area contributed by atoms with Crippen LogP contribution in [-0.2, 0) is 6.54 Å². The van der Waals surface area contributed by atoms with Crippen molar-refractivity contribution < 1.29 is 5.11 Å². The normalized spacial score (nSPS) is 10.2. The van der Waals surface area contributed by atoms with Crippen molar-refractivity contribution in [2.45, 2.75) is 6.54 Å². The quantitative estimate of drug-likeness (QED) is 0.745.